The smallest absolute Gasteiger partial charge is 0.139 e. The lowest BCUT2D eigenvalue weighted by atomic mass is 9.97. The van der Waals surface area contributed by atoms with Crippen LogP contribution in [0.3, 0.4) is 0 Å². The first-order valence-electron chi connectivity index (χ1n) is 6.47. The van der Waals surface area contributed by atoms with Gasteiger partial charge in [-0.1, -0.05) is 44.2 Å². The molecule has 0 aliphatic carbocycles. The molecule has 1 aromatic carbocycles. The molecule has 2 aromatic rings. The zero-order valence-corrected chi connectivity index (χ0v) is 11.0. The van der Waals surface area contributed by atoms with E-state index in [9.17, 15) is 5.11 Å². The van der Waals surface area contributed by atoms with E-state index in [1.165, 1.54) is 0 Å². The topological polar surface area (TPSA) is 38.0 Å². The first-order valence-corrected chi connectivity index (χ1v) is 6.47. The Morgan fingerprint density at radius 3 is 2.44 bits per heavy atom. The molecule has 0 amide bonds. The van der Waals surface area contributed by atoms with Gasteiger partial charge < -0.3 is 9.67 Å². The highest BCUT2D eigenvalue weighted by atomic mass is 16.3. The summed E-state index contributed by atoms with van der Waals surface area (Å²) in [5.74, 6) is 0.913. The quantitative estimate of drug-likeness (QED) is 0.877. The fraction of sp³-hybridized carbons (Fsp3) is 0.400. The van der Waals surface area contributed by atoms with Crippen LogP contribution >= 0.6 is 0 Å². The van der Waals surface area contributed by atoms with Crippen LogP contribution in [0.5, 0.6) is 0 Å². The Kier molecular flexibility index (Phi) is 3.82. The minimum atomic E-state index is -0.649. The highest BCUT2D eigenvalue weighted by molar-refractivity contribution is 5.55. The fourth-order valence-electron chi connectivity index (χ4n) is 2.08. The molecule has 3 nitrogen and oxygen atoms in total. The fourth-order valence-corrected chi connectivity index (χ4v) is 2.08. The number of imidazole rings is 1. The maximum atomic E-state index is 10.4. The van der Waals surface area contributed by atoms with Crippen LogP contribution in [0.25, 0.3) is 11.4 Å². The summed E-state index contributed by atoms with van der Waals surface area (Å²) in [5, 5.41) is 10.4. The van der Waals surface area contributed by atoms with Gasteiger partial charge in [-0.3, -0.25) is 0 Å². The number of aromatic nitrogens is 2. The normalized spacial score (nSPS) is 11.7. The van der Waals surface area contributed by atoms with Crippen LogP contribution in [0.4, 0.5) is 0 Å². The van der Waals surface area contributed by atoms with Crippen molar-refractivity contribution < 1.29 is 5.11 Å². The van der Waals surface area contributed by atoms with Crippen molar-refractivity contribution in [2.75, 3.05) is 0 Å². The summed E-state index contributed by atoms with van der Waals surface area (Å²) >= 11 is 0. The molecule has 18 heavy (non-hydrogen) atoms. The van der Waals surface area contributed by atoms with Gasteiger partial charge in [0.1, 0.15) is 5.82 Å². The number of rotatable bonds is 5. The molecule has 1 heterocycles. The summed E-state index contributed by atoms with van der Waals surface area (Å²) in [6.07, 6.45) is 5.21. The van der Waals surface area contributed by atoms with E-state index in [0.29, 0.717) is 6.54 Å². The Bertz CT molecular complexity index is 486. The van der Waals surface area contributed by atoms with E-state index in [2.05, 4.69) is 4.98 Å². The van der Waals surface area contributed by atoms with Crippen LogP contribution in [0.15, 0.2) is 42.7 Å². The number of benzene rings is 1. The molecule has 0 radical (unpaired) electrons. The molecular weight excluding hydrogens is 224 g/mol. The molecule has 96 valence electrons. The summed E-state index contributed by atoms with van der Waals surface area (Å²) in [5.41, 5.74) is 0.432. The van der Waals surface area contributed by atoms with Crippen LogP contribution < -0.4 is 0 Å². The molecule has 1 N–H and O–H groups in total. The lowest BCUT2D eigenvalue weighted by Gasteiger charge is -2.26. The lowest BCUT2D eigenvalue weighted by Crippen LogP contribution is -2.32. The molecule has 0 aliphatic heterocycles. The van der Waals surface area contributed by atoms with Crippen molar-refractivity contribution in [2.24, 2.45) is 0 Å². The molecule has 0 spiro atoms. The van der Waals surface area contributed by atoms with Crippen LogP contribution in [0.2, 0.25) is 0 Å². The molecule has 3 heteroatoms. The van der Waals surface area contributed by atoms with Crippen LogP contribution in [-0.4, -0.2) is 20.3 Å². The molecule has 0 unspecified atom stereocenters. The van der Waals surface area contributed by atoms with Gasteiger partial charge in [-0.2, -0.15) is 0 Å². The van der Waals surface area contributed by atoms with Gasteiger partial charge in [0.25, 0.3) is 0 Å². The van der Waals surface area contributed by atoms with E-state index >= 15 is 0 Å². The third kappa shape index (κ3) is 2.62. The second-order valence-corrected chi connectivity index (χ2v) is 4.68. The molecule has 0 atom stereocenters. The molecule has 0 aliphatic rings. The predicted molar refractivity (Wildman–Crippen MR) is 73.2 cm³/mol. The summed E-state index contributed by atoms with van der Waals surface area (Å²) < 4.78 is 2.03. The van der Waals surface area contributed by atoms with Gasteiger partial charge in [0.2, 0.25) is 0 Å². The van der Waals surface area contributed by atoms with E-state index < -0.39 is 5.60 Å². The van der Waals surface area contributed by atoms with E-state index in [-0.39, 0.29) is 0 Å². The molecular formula is C15H20N2O. The Labute approximate surface area is 108 Å². The van der Waals surface area contributed by atoms with Crippen molar-refractivity contribution in [1.82, 2.24) is 9.55 Å². The monoisotopic (exact) mass is 244 g/mol. The van der Waals surface area contributed by atoms with Gasteiger partial charge >= 0.3 is 0 Å². The van der Waals surface area contributed by atoms with E-state index in [4.69, 9.17) is 0 Å². The van der Waals surface area contributed by atoms with Crippen LogP contribution in [-0.2, 0) is 6.54 Å². The number of hydrogen-bond acceptors (Lipinski definition) is 2. The zero-order chi connectivity index (χ0) is 13.0. The summed E-state index contributed by atoms with van der Waals surface area (Å²) in [6.45, 7) is 4.62. The first kappa shape index (κ1) is 12.8. The number of hydrogen-bond donors (Lipinski definition) is 1. The molecule has 0 fully saturated rings. The largest absolute Gasteiger partial charge is 0.388 e. The van der Waals surface area contributed by atoms with Crippen molar-refractivity contribution in [2.45, 2.75) is 38.8 Å². The molecule has 2 rings (SSSR count). The maximum absolute atomic E-state index is 10.4. The van der Waals surface area contributed by atoms with Gasteiger partial charge in [-0.05, 0) is 12.8 Å². The summed E-state index contributed by atoms with van der Waals surface area (Å²) in [6, 6.07) is 10.1. The van der Waals surface area contributed by atoms with Crippen molar-refractivity contribution in [3.63, 3.8) is 0 Å². The minimum absolute atomic E-state index is 0.588. The van der Waals surface area contributed by atoms with Crippen molar-refractivity contribution >= 4 is 0 Å². The second kappa shape index (κ2) is 5.36. The molecule has 0 saturated heterocycles. The molecule has 0 saturated carbocycles. The molecule has 1 aromatic heterocycles. The highest BCUT2D eigenvalue weighted by Gasteiger charge is 2.23. The predicted octanol–water partition coefficient (Wildman–Crippen LogP) is 3.10. The lowest BCUT2D eigenvalue weighted by molar-refractivity contribution is 0.0155. The van der Waals surface area contributed by atoms with E-state index in [0.717, 1.165) is 24.2 Å². The Morgan fingerprint density at radius 2 is 1.83 bits per heavy atom. The summed E-state index contributed by atoms with van der Waals surface area (Å²) in [7, 11) is 0. The van der Waals surface area contributed by atoms with Gasteiger partial charge in [-0.25, -0.2) is 4.98 Å². The maximum Gasteiger partial charge on any atom is 0.139 e. The summed E-state index contributed by atoms with van der Waals surface area (Å²) in [4.78, 5) is 4.39. The highest BCUT2D eigenvalue weighted by Crippen LogP contribution is 2.22. The van der Waals surface area contributed by atoms with Crippen molar-refractivity contribution in [3.05, 3.63) is 42.7 Å². The Balaban J connectivity index is 2.29. The average molecular weight is 244 g/mol. The van der Waals surface area contributed by atoms with E-state index in [1.54, 1.807) is 6.20 Å². The van der Waals surface area contributed by atoms with Gasteiger partial charge in [0.15, 0.2) is 0 Å². The van der Waals surface area contributed by atoms with Crippen molar-refractivity contribution in [1.29, 1.82) is 0 Å². The Hall–Kier alpha value is -1.61. The first-order chi connectivity index (χ1) is 8.68. The third-order valence-electron chi connectivity index (χ3n) is 3.53. The van der Waals surface area contributed by atoms with Crippen LogP contribution in [0.1, 0.15) is 26.7 Å². The number of nitrogens with zero attached hydrogens (tertiary/aromatic N) is 2. The second-order valence-electron chi connectivity index (χ2n) is 4.68. The van der Waals surface area contributed by atoms with Crippen LogP contribution in [0, 0.1) is 0 Å². The van der Waals surface area contributed by atoms with Gasteiger partial charge in [-0.15, -0.1) is 0 Å². The van der Waals surface area contributed by atoms with Crippen molar-refractivity contribution in [3.8, 4) is 11.4 Å². The number of aliphatic hydroxyl groups is 1. The van der Waals surface area contributed by atoms with E-state index in [1.807, 2.05) is 54.9 Å². The Morgan fingerprint density at radius 1 is 1.17 bits per heavy atom. The molecule has 0 bridgehead atoms. The van der Waals surface area contributed by atoms with Gasteiger partial charge in [0.05, 0.1) is 12.1 Å². The van der Waals surface area contributed by atoms with Gasteiger partial charge in [0, 0.05) is 18.0 Å². The standard InChI is InChI=1S/C15H20N2O/c1-3-15(18,4-2)12-17-11-10-16-14(17)13-8-6-5-7-9-13/h5-11,18H,3-4,12H2,1-2H3. The zero-order valence-electron chi connectivity index (χ0n) is 11.0. The SMILES string of the molecule is CCC(O)(CC)Cn1ccnc1-c1ccccc1. The third-order valence-corrected chi connectivity index (χ3v) is 3.53. The minimum Gasteiger partial charge on any atom is -0.388 e. The average Bonchev–Trinajstić information content (AvgIpc) is 2.87.